The number of ether oxygens (including phenoxy) is 1. The first-order chi connectivity index (χ1) is 15.1. The van der Waals surface area contributed by atoms with Gasteiger partial charge in [0.1, 0.15) is 23.8 Å². The predicted molar refractivity (Wildman–Crippen MR) is 118 cm³/mol. The average molecular weight is 419 g/mol. The van der Waals surface area contributed by atoms with Crippen LogP contribution in [0.15, 0.2) is 61.1 Å². The van der Waals surface area contributed by atoms with Gasteiger partial charge in [0, 0.05) is 57.1 Å². The zero-order valence-electron chi connectivity index (χ0n) is 18.0. The molecule has 1 saturated carbocycles. The van der Waals surface area contributed by atoms with Crippen LogP contribution in [0.2, 0.25) is 0 Å². The maximum atomic E-state index is 11.7. The molecular formula is C25H30N4O2. The van der Waals surface area contributed by atoms with Crippen molar-refractivity contribution in [3.05, 3.63) is 78.1 Å². The van der Waals surface area contributed by atoms with Gasteiger partial charge in [0.25, 0.3) is 0 Å². The van der Waals surface area contributed by atoms with Crippen LogP contribution < -0.4 is 4.74 Å². The second-order valence-corrected chi connectivity index (χ2v) is 8.96. The lowest BCUT2D eigenvalue weighted by Gasteiger charge is -2.52. The summed E-state index contributed by atoms with van der Waals surface area (Å²) in [7, 11) is 1.99. The Kier molecular flexibility index (Phi) is 5.50. The van der Waals surface area contributed by atoms with Crippen LogP contribution in [0, 0.1) is 11.8 Å². The number of aryl methyl sites for hydroxylation is 1. The van der Waals surface area contributed by atoms with E-state index < -0.39 is 5.60 Å². The molecule has 162 valence electrons. The van der Waals surface area contributed by atoms with E-state index in [1.54, 1.807) is 12.4 Å². The molecule has 1 aliphatic carbocycles. The van der Waals surface area contributed by atoms with E-state index >= 15 is 0 Å². The van der Waals surface area contributed by atoms with E-state index in [9.17, 15) is 5.11 Å². The summed E-state index contributed by atoms with van der Waals surface area (Å²) in [6.45, 7) is 3.17. The minimum absolute atomic E-state index is 0.224. The van der Waals surface area contributed by atoms with Crippen LogP contribution in [0.5, 0.6) is 5.75 Å². The van der Waals surface area contributed by atoms with Gasteiger partial charge < -0.3 is 14.4 Å². The lowest BCUT2D eigenvalue weighted by molar-refractivity contribution is -0.155. The van der Waals surface area contributed by atoms with E-state index in [4.69, 9.17) is 4.74 Å². The Hall–Kier alpha value is -2.70. The van der Waals surface area contributed by atoms with Crippen molar-refractivity contribution in [3.8, 4) is 5.75 Å². The molecule has 0 amide bonds. The summed E-state index contributed by atoms with van der Waals surface area (Å²) in [5.41, 5.74) is 1.38. The molecule has 5 rings (SSSR count). The molecule has 1 aromatic carbocycles. The minimum Gasteiger partial charge on any atom is -0.487 e. The highest BCUT2D eigenvalue weighted by atomic mass is 16.5. The Morgan fingerprint density at radius 3 is 2.45 bits per heavy atom. The van der Waals surface area contributed by atoms with Gasteiger partial charge in [-0.05, 0) is 42.7 Å². The summed E-state index contributed by atoms with van der Waals surface area (Å²) in [6, 6.07) is 14.2. The molecule has 2 atom stereocenters. The van der Waals surface area contributed by atoms with Crippen LogP contribution in [0.25, 0.3) is 0 Å². The molecule has 31 heavy (non-hydrogen) atoms. The fourth-order valence-corrected chi connectivity index (χ4v) is 5.38. The van der Waals surface area contributed by atoms with Crippen molar-refractivity contribution in [2.75, 3.05) is 13.1 Å². The molecule has 2 aromatic heterocycles. The van der Waals surface area contributed by atoms with Crippen LogP contribution >= 0.6 is 0 Å². The SMILES string of the molecule is Cn1ccnc1C1(O)C2CCCC1CN(Cc1ccc(OCc3ccccn3)cc1)C2. The molecule has 2 fully saturated rings. The standard InChI is InChI=1S/C25H30N4O2/c1-28-14-13-27-24(28)25(30)20-5-4-6-21(25)17-29(16-20)15-19-8-10-23(11-9-19)31-18-22-7-2-3-12-26-22/h2-3,7-14,20-21,30H,4-6,15-18H2,1H3. The van der Waals surface area contributed by atoms with E-state index in [0.29, 0.717) is 6.61 Å². The largest absolute Gasteiger partial charge is 0.487 e. The highest BCUT2D eigenvalue weighted by Crippen LogP contribution is 2.48. The van der Waals surface area contributed by atoms with Crippen molar-refractivity contribution in [1.82, 2.24) is 19.4 Å². The number of nitrogens with zero attached hydrogens (tertiary/aromatic N) is 4. The number of fused-ring (bicyclic) bond motifs is 2. The van der Waals surface area contributed by atoms with Gasteiger partial charge in [-0.25, -0.2) is 4.98 Å². The Balaban J connectivity index is 1.23. The summed E-state index contributed by atoms with van der Waals surface area (Å²) < 4.78 is 7.85. The number of piperidine rings is 1. The van der Waals surface area contributed by atoms with Gasteiger partial charge in [-0.1, -0.05) is 24.6 Å². The molecule has 2 unspecified atom stereocenters. The van der Waals surface area contributed by atoms with Gasteiger partial charge in [0.2, 0.25) is 0 Å². The highest BCUT2D eigenvalue weighted by Gasteiger charge is 2.53. The van der Waals surface area contributed by atoms with Gasteiger partial charge in [-0.15, -0.1) is 0 Å². The molecule has 0 radical (unpaired) electrons. The first-order valence-corrected chi connectivity index (χ1v) is 11.2. The van der Waals surface area contributed by atoms with Crippen LogP contribution in [0.1, 0.15) is 36.3 Å². The maximum Gasteiger partial charge on any atom is 0.141 e. The first kappa shape index (κ1) is 20.2. The summed E-state index contributed by atoms with van der Waals surface area (Å²) in [5.74, 6) is 2.13. The Morgan fingerprint density at radius 2 is 1.81 bits per heavy atom. The maximum absolute atomic E-state index is 11.7. The number of hydrogen-bond donors (Lipinski definition) is 1. The van der Waals surface area contributed by atoms with Gasteiger partial charge in [0.15, 0.2) is 0 Å². The molecule has 6 nitrogen and oxygen atoms in total. The van der Waals surface area contributed by atoms with Crippen molar-refractivity contribution in [1.29, 1.82) is 0 Å². The van der Waals surface area contributed by atoms with E-state index in [2.05, 4.69) is 27.0 Å². The molecule has 6 heteroatoms. The molecule has 3 aromatic rings. The van der Waals surface area contributed by atoms with Crippen molar-refractivity contribution in [2.24, 2.45) is 18.9 Å². The normalized spacial score (nSPS) is 26.0. The van der Waals surface area contributed by atoms with E-state index in [1.807, 2.05) is 48.1 Å². The Morgan fingerprint density at radius 1 is 1.03 bits per heavy atom. The third-order valence-electron chi connectivity index (χ3n) is 6.93. The van der Waals surface area contributed by atoms with Crippen molar-refractivity contribution >= 4 is 0 Å². The second-order valence-electron chi connectivity index (χ2n) is 8.96. The van der Waals surface area contributed by atoms with E-state index in [-0.39, 0.29) is 11.8 Å². The summed E-state index contributed by atoms with van der Waals surface area (Å²) in [5, 5.41) is 11.7. The molecule has 3 heterocycles. The molecule has 2 bridgehead atoms. The number of pyridine rings is 1. The third-order valence-corrected chi connectivity index (χ3v) is 6.93. The van der Waals surface area contributed by atoms with Crippen LogP contribution in [0.4, 0.5) is 0 Å². The number of hydrogen-bond acceptors (Lipinski definition) is 5. The molecular weight excluding hydrogens is 388 g/mol. The number of aliphatic hydroxyl groups is 1. The van der Waals surface area contributed by atoms with Gasteiger partial charge >= 0.3 is 0 Å². The quantitative estimate of drug-likeness (QED) is 0.664. The first-order valence-electron chi connectivity index (χ1n) is 11.2. The van der Waals surface area contributed by atoms with Crippen molar-refractivity contribution in [3.63, 3.8) is 0 Å². The number of likely N-dealkylation sites (tertiary alicyclic amines) is 1. The van der Waals surface area contributed by atoms with Crippen molar-refractivity contribution in [2.45, 2.75) is 38.0 Å². The monoisotopic (exact) mass is 418 g/mol. The van der Waals surface area contributed by atoms with Crippen molar-refractivity contribution < 1.29 is 9.84 Å². The van der Waals surface area contributed by atoms with Crippen LogP contribution in [-0.4, -0.2) is 37.6 Å². The van der Waals surface area contributed by atoms with Gasteiger partial charge in [-0.3, -0.25) is 9.88 Å². The fourth-order valence-electron chi connectivity index (χ4n) is 5.38. The third kappa shape index (κ3) is 3.98. The topological polar surface area (TPSA) is 63.4 Å². The average Bonchev–Trinajstić information content (AvgIpc) is 3.21. The highest BCUT2D eigenvalue weighted by molar-refractivity contribution is 5.27. The van der Waals surface area contributed by atoms with E-state index in [0.717, 1.165) is 49.7 Å². The molecule has 1 aliphatic heterocycles. The molecule has 0 spiro atoms. The number of benzene rings is 1. The van der Waals surface area contributed by atoms with Crippen LogP contribution in [0.3, 0.4) is 0 Å². The van der Waals surface area contributed by atoms with Gasteiger partial charge in [-0.2, -0.15) is 0 Å². The smallest absolute Gasteiger partial charge is 0.141 e. The molecule has 2 aliphatic rings. The van der Waals surface area contributed by atoms with E-state index in [1.165, 1.54) is 12.0 Å². The van der Waals surface area contributed by atoms with Gasteiger partial charge in [0.05, 0.1) is 5.69 Å². The minimum atomic E-state index is -0.809. The van der Waals surface area contributed by atoms with Crippen LogP contribution in [-0.2, 0) is 25.8 Å². The molecule has 1 saturated heterocycles. The predicted octanol–water partition coefficient (Wildman–Crippen LogP) is 3.51. The summed E-state index contributed by atoms with van der Waals surface area (Å²) in [4.78, 5) is 11.3. The lowest BCUT2D eigenvalue weighted by Crippen LogP contribution is -2.58. The number of imidazole rings is 1. The zero-order valence-corrected chi connectivity index (χ0v) is 18.0. The zero-order chi connectivity index (χ0) is 21.3. The number of aromatic nitrogens is 3. The summed E-state index contributed by atoms with van der Waals surface area (Å²) >= 11 is 0. The second kappa shape index (κ2) is 8.44. The fraction of sp³-hybridized carbons (Fsp3) is 0.440. The number of rotatable bonds is 6. The summed E-state index contributed by atoms with van der Waals surface area (Å²) in [6.07, 6.45) is 8.82. The lowest BCUT2D eigenvalue weighted by atomic mass is 9.65. The molecule has 1 N–H and O–H groups in total. The Bertz CT molecular complexity index is 988. The Labute approximate surface area is 183 Å².